The van der Waals surface area contributed by atoms with Crippen molar-refractivity contribution in [3.05, 3.63) is 64.0 Å². The second-order valence-electron chi connectivity index (χ2n) is 6.03. The van der Waals surface area contributed by atoms with Crippen LogP contribution >= 0.6 is 0 Å². The Hall–Kier alpha value is -3.35. The summed E-state index contributed by atoms with van der Waals surface area (Å²) >= 11 is 0. The lowest BCUT2D eigenvalue weighted by atomic mass is 10.1. The van der Waals surface area contributed by atoms with Crippen LogP contribution in [0.5, 0.6) is 0 Å². The van der Waals surface area contributed by atoms with E-state index in [0.29, 0.717) is 24.3 Å². The van der Waals surface area contributed by atoms with Crippen molar-refractivity contribution in [2.45, 2.75) is 27.0 Å². The Bertz CT molecular complexity index is 943. The Labute approximate surface area is 158 Å². The highest BCUT2D eigenvalue weighted by Gasteiger charge is 2.14. The number of nitriles is 2. The highest BCUT2D eigenvalue weighted by Crippen LogP contribution is 2.19. The molecule has 0 saturated carbocycles. The molecule has 2 rings (SSSR count). The van der Waals surface area contributed by atoms with Crippen LogP contribution in [-0.2, 0) is 27.4 Å². The van der Waals surface area contributed by atoms with Crippen LogP contribution in [-0.4, -0.2) is 24.3 Å². The highest BCUT2D eigenvalue weighted by molar-refractivity contribution is 5.98. The zero-order chi connectivity index (χ0) is 19.8. The molecular weight excluding hydrogens is 342 g/mol. The first kappa shape index (κ1) is 20.0. The minimum Gasteiger partial charge on any atom is -0.457 e. The number of carbonyl (C=O) groups excluding carboxylic acids is 1. The van der Waals surface area contributed by atoms with Gasteiger partial charge in [0.1, 0.15) is 18.2 Å². The normalized spacial score (nSPS) is 10.9. The summed E-state index contributed by atoms with van der Waals surface area (Å²) in [5.41, 5.74) is 3.88. The first-order valence-corrected chi connectivity index (χ1v) is 8.43. The monoisotopic (exact) mass is 363 g/mol. The van der Waals surface area contributed by atoms with Gasteiger partial charge in [0.05, 0.1) is 18.2 Å². The Morgan fingerprint density at radius 1 is 1.26 bits per heavy atom. The van der Waals surface area contributed by atoms with Gasteiger partial charge in [0.15, 0.2) is 0 Å². The molecular formula is C21H21N3O3. The van der Waals surface area contributed by atoms with E-state index in [1.807, 2.05) is 32.1 Å². The number of hydrogen-bond donors (Lipinski definition) is 0. The van der Waals surface area contributed by atoms with E-state index in [1.165, 1.54) is 0 Å². The number of aromatic nitrogens is 1. The molecule has 0 aliphatic carbocycles. The summed E-state index contributed by atoms with van der Waals surface area (Å²) in [5, 5.41) is 18.3. The number of esters is 1. The molecule has 0 spiro atoms. The Balaban J connectivity index is 2.15. The number of ether oxygens (including phenoxy) is 2. The third-order valence-corrected chi connectivity index (χ3v) is 4.20. The number of benzene rings is 1. The van der Waals surface area contributed by atoms with Crippen molar-refractivity contribution >= 4 is 12.0 Å². The first-order chi connectivity index (χ1) is 13.0. The smallest absolute Gasteiger partial charge is 0.349 e. The van der Waals surface area contributed by atoms with E-state index in [-0.39, 0.29) is 12.2 Å². The van der Waals surface area contributed by atoms with Crippen molar-refractivity contribution in [2.24, 2.45) is 0 Å². The van der Waals surface area contributed by atoms with Crippen LogP contribution in [0.1, 0.15) is 28.1 Å². The molecule has 0 N–H and O–H groups in total. The molecule has 0 bridgehead atoms. The first-order valence-electron chi connectivity index (χ1n) is 8.43. The predicted octanol–water partition coefficient (Wildman–Crippen LogP) is 3.27. The fourth-order valence-electron chi connectivity index (χ4n) is 2.75. The molecule has 1 aromatic heterocycles. The predicted molar refractivity (Wildman–Crippen MR) is 100 cm³/mol. The molecule has 27 heavy (non-hydrogen) atoms. The minimum absolute atomic E-state index is 0.000232. The molecule has 0 radical (unpaired) electrons. The van der Waals surface area contributed by atoms with Gasteiger partial charge in [0, 0.05) is 25.0 Å². The molecule has 0 aliphatic rings. The summed E-state index contributed by atoms with van der Waals surface area (Å²) in [4.78, 5) is 12.3. The van der Waals surface area contributed by atoms with Crippen LogP contribution in [0.4, 0.5) is 0 Å². The van der Waals surface area contributed by atoms with E-state index in [9.17, 15) is 10.1 Å². The maximum Gasteiger partial charge on any atom is 0.349 e. The zero-order valence-corrected chi connectivity index (χ0v) is 15.7. The average molecular weight is 363 g/mol. The zero-order valence-electron chi connectivity index (χ0n) is 15.7. The Morgan fingerprint density at radius 3 is 2.70 bits per heavy atom. The quantitative estimate of drug-likeness (QED) is 0.428. The van der Waals surface area contributed by atoms with Gasteiger partial charge in [-0.15, -0.1) is 0 Å². The Morgan fingerprint density at radius 2 is 2.04 bits per heavy atom. The number of hydrogen-bond acceptors (Lipinski definition) is 5. The molecule has 0 amide bonds. The van der Waals surface area contributed by atoms with Gasteiger partial charge in [-0.25, -0.2) is 4.79 Å². The highest BCUT2D eigenvalue weighted by atomic mass is 16.5. The van der Waals surface area contributed by atoms with Crippen LogP contribution in [0, 0.1) is 36.5 Å². The third kappa shape index (κ3) is 5.07. The fraction of sp³-hybridized carbons (Fsp3) is 0.286. The lowest BCUT2D eigenvalue weighted by Crippen LogP contribution is -2.08. The van der Waals surface area contributed by atoms with Gasteiger partial charge in [-0.05, 0) is 49.2 Å². The van der Waals surface area contributed by atoms with Gasteiger partial charge in [-0.2, -0.15) is 10.5 Å². The Kier molecular flexibility index (Phi) is 6.93. The second-order valence-corrected chi connectivity index (χ2v) is 6.03. The largest absolute Gasteiger partial charge is 0.457 e. The number of nitrogens with zero attached hydrogens (tertiary/aromatic N) is 3. The lowest BCUT2D eigenvalue weighted by molar-refractivity contribution is -0.139. The van der Waals surface area contributed by atoms with Crippen molar-refractivity contribution in [1.29, 1.82) is 10.5 Å². The minimum atomic E-state index is -0.693. The van der Waals surface area contributed by atoms with Gasteiger partial charge in [-0.1, -0.05) is 12.1 Å². The molecule has 1 aromatic carbocycles. The molecule has 0 atom stereocenters. The average Bonchev–Trinajstić information content (AvgIpc) is 2.95. The summed E-state index contributed by atoms with van der Waals surface area (Å²) in [6.07, 6.45) is 1.54. The number of rotatable bonds is 7. The topological polar surface area (TPSA) is 88.0 Å². The van der Waals surface area contributed by atoms with Crippen molar-refractivity contribution in [3.63, 3.8) is 0 Å². The molecule has 0 saturated heterocycles. The van der Waals surface area contributed by atoms with Gasteiger partial charge in [0.25, 0.3) is 0 Å². The summed E-state index contributed by atoms with van der Waals surface area (Å²) in [6, 6.07) is 12.7. The van der Waals surface area contributed by atoms with E-state index >= 15 is 0 Å². The molecule has 0 fully saturated rings. The van der Waals surface area contributed by atoms with E-state index in [2.05, 4.69) is 4.57 Å². The standard InChI is InChI=1S/C21H21N3O3/c1-15-9-19(16(2)24(15)7-8-26-3)11-20(13-23)21(25)27-14-18-6-4-5-17(10-18)12-22/h4-6,9-11H,7-8,14H2,1-3H3/b20-11+. The number of aryl methyl sites for hydroxylation is 1. The van der Waals surface area contributed by atoms with E-state index in [1.54, 1.807) is 37.5 Å². The van der Waals surface area contributed by atoms with Crippen molar-refractivity contribution in [1.82, 2.24) is 4.57 Å². The molecule has 2 aromatic rings. The maximum atomic E-state index is 12.3. The maximum absolute atomic E-state index is 12.3. The van der Waals surface area contributed by atoms with Crippen LogP contribution in [0.25, 0.3) is 6.08 Å². The van der Waals surface area contributed by atoms with Crippen LogP contribution in [0.2, 0.25) is 0 Å². The summed E-state index contributed by atoms with van der Waals surface area (Å²) < 4.78 is 12.4. The SMILES string of the molecule is COCCn1c(C)cc(/C=C(\C#N)C(=O)OCc2cccc(C#N)c2)c1C. The van der Waals surface area contributed by atoms with E-state index in [4.69, 9.17) is 14.7 Å². The summed E-state index contributed by atoms with van der Waals surface area (Å²) in [5.74, 6) is -0.693. The van der Waals surface area contributed by atoms with Crippen LogP contribution in [0.15, 0.2) is 35.9 Å². The molecule has 6 heteroatoms. The summed E-state index contributed by atoms with van der Waals surface area (Å²) in [6.45, 7) is 5.17. The van der Waals surface area contributed by atoms with Gasteiger partial charge in [-0.3, -0.25) is 0 Å². The molecule has 138 valence electrons. The molecule has 0 unspecified atom stereocenters. The number of methoxy groups -OCH3 is 1. The van der Waals surface area contributed by atoms with E-state index in [0.717, 1.165) is 17.0 Å². The van der Waals surface area contributed by atoms with Crippen molar-refractivity contribution in [2.75, 3.05) is 13.7 Å². The summed E-state index contributed by atoms with van der Waals surface area (Å²) in [7, 11) is 1.64. The van der Waals surface area contributed by atoms with Gasteiger partial charge in [0.2, 0.25) is 0 Å². The second kappa shape index (κ2) is 9.38. The van der Waals surface area contributed by atoms with Crippen molar-refractivity contribution < 1.29 is 14.3 Å². The van der Waals surface area contributed by atoms with Gasteiger partial charge < -0.3 is 14.0 Å². The third-order valence-electron chi connectivity index (χ3n) is 4.20. The fourth-order valence-corrected chi connectivity index (χ4v) is 2.75. The lowest BCUT2D eigenvalue weighted by Gasteiger charge is -2.08. The van der Waals surface area contributed by atoms with Crippen LogP contribution in [0.3, 0.4) is 0 Å². The van der Waals surface area contributed by atoms with Crippen molar-refractivity contribution in [3.8, 4) is 12.1 Å². The van der Waals surface area contributed by atoms with Crippen LogP contribution < -0.4 is 0 Å². The molecule has 6 nitrogen and oxygen atoms in total. The van der Waals surface area contributed by atoms with Gasteiger partial charge >= 0.3 is 5.97 Å². The molecule has 1 heterocycles. The van der Waals surface area contributed by atoms with E-state index < -0.39 is 5.97 Å². The molecule has 0 aliphatic heterocycles. The number of carbonyl (C=O) groups is 1.